The number of carbonyl (C=O) groups excluding carboxylic acids is 1. The van der Waals surface area contributed by atoms with Crippen LogP contribution in [0.2, 0.25) is 0 Å². The number of rotatable bonds is 8. The fourth-order valence-corrected chi connectivity index (χ4v) is 5.39. The molecule has 1 aromatic carbocycles. The number of nitro groups is 1. The molecule has 1 amide bonds. The zero-order valence-corrected chi connectivity index (χ0v) is 20.7. The van der Waals surface area contributed by atoms with Gasteiger partial charge in [-0.15, -0.1) is 10.2 Å². The molecule has 1 aromatic heterocycles. The van der Waals surface area contributed by atoms with Crippen molar-refractivity contribution in [1.29, 1.82) is 0 Å². The molecule has 0 saturated carbocycles. The first kappa shape index (κ1) is 24.3. The quantitative estimate of drug-likeness (QED) is 0.447. The van der Waals surface area contributed by atoms with Crippen LogP contribution in [0.3, 0.4) is 0 Å². The van der Waals surface area contributed by atoms with Crippen LogP contribution in [0.1, 0.15) is 36.3 Å². The van der Waals surface area contributed by atoms with Gasteiger partial charge in [-0.05, 0) is 51.8 Å². The summed E-state index contributed by atoms with van der Waals surface area (Å²) >= 11 is 1.64. The van der Waals surface area contributed by atoms with E-state index in [1.165, 1.54) is 0 Å². The van der Waals surface area contributed by atoms with Crippen molar-refractivity contribution in [3.63, 3.8) is 0 Å². The number of carbonyl (C=O) groups is 1. The van der Waals surface area contributed by atoms with Crippen molar-refractivity contribution >= 4 is 33.8 Å². The highest BCUT2D eigenvalue weighted by atomic mass is 32.1. The largest absolute Gasteiger partial charge is 0.382 e. The summed E-state index contributed by atoms with van der Waals surface area (Å²) in [5, 5.41) is 24.8. The molecule has 4 rings (SSSR count). The third kappa shape index (κ3) is 6.20. The second kappa shape index (κ2) is 11.1. The second-order valence-electron chi connectivity index (χ2n) is 9.09. The van der Waals surface area contributed by atoms with Gasteiger partial charge in [0.25, 0.3) is 5.69 Å². The molecule has 0 unspecified atom stereocenters. The number of aryl methyl sites for hydroxylation is 2. The molecular formula is C23H33N7O3S. The summed E-state index contributed by atoms with van der Waals surface area (Å²) in [7, 11) is 0. The number of piperidine rings is 1. The Balaban J connectivity index is 1.13. The van der Waals surface area contributed by atoms with Crippen LogP contribution in [0, 0.1) is 24.0 Å². The molecule has 2 saturated heterocycles. The number of anilines is 2. The highest BCUT2D eigenvalue weighted by Crippen LogP contribution is 2.24. The number of likely N-dealkylation sites (tertiary alicyclic amines) is 1. The Hall–Kier alpha value is -2.79. The Morgan fingerprint density at radius 2 is 1.88 bits per heavy atom. The van der Waals surface area contributed by atoms with Crippen LogP contribution in [0.5, 0.6) is 0 Å². The van der Waals surface area contributed by atoms with Gasteiger partial charge in [-0.2, -0.15) is 0 Å². The summed E-state index contributed by atoms with van der Waals surface area (Å²) in [5.74, 6) is 0.243. The van der Waals surface area contributed by atoms with E-state index in [2.05, 4.69) is 25.3 Å². The smallest absolute Gasteiger partial charge is 0.272 e. The Morgan fingerprint density at radius 1 is 1.15 bits per heavy atom. The average Bonchev–Trinajstić information content (AvgIpc) is 3.26. The van der Waals surface area contributed by atoms with Crippen molar-refractivity contribution in [2.75, 3.05) is 56.0 Å². The summed E-state index contributed by atoms with van der Waals surface area (Å²) in [6.45, 7) is 10.1. The number of hydrogen-bond donors (Lipinski definition) is 1. The zero-order valence-electron chi connectivity index (χ0n) is 19.9. The maximum atomic E-state index is 12.7. The number of amides is 1. The number of nitrogens with one attached hydrogen (secondary N) is 1. The lowest BCUT2D eigenvalue weighted by molar-refractivity contribution is -0.385. The van der Waals surface area contributed by atoms with E-state index in [1.807, 2.05) is 17.9 Å². The highest BCUT2D eigenvalue weighted by Gasteiger charge is 2.24. The minimum Gasteiger partial charge on any atom is -0.382 e. The van der Waals surface area contributed by atoms with Gasteiger partial charge < -0.3 is 15.1 Å². The SMILES string of the molecule is Cc1nnc(N2CCN(CCCC(=O)N3CCC(Nc4ccc([N+](=O)[O-])c(C)c4)CC3)CC2)s1. The van der Waals surface area contributed by atoms with E-state index in [9.17, 15) is 14.9 Å². The fourth-order valence-electron chi connectivity index (χ4n) is 4.65. The Labute approximate surface area is 204 Å². The Bertz CT molecular complexity index is 998. The topological polar surface area (TPSA) is 108 Å². The first-order valence-corrected chi connectivity index (χ1v) is 12.8. The third-order valence-corrected chi connectivity index (χ3v) is 7.53. The molecule has 1 N–H and O–H groups in total. The Morgan fingerprint density at radius 3 is 2.50 bits per heavy atom. The molecule has 0 radical (unpaired) electrons. The lowest BCUT2D eigenvalue weighted by Crippen LogP contribution is -2.47. The predicted molar refractivity (Wildman–Crippen MR) is 134 cm³/mol. The molecule has 0 aliphatic carbocycles. The van der Waals surface area contributed by atoms with Crippen LogP contribution in [-0.2, 0) is 4.79 Å². The van der Waals surface area contributed by atoms with Crippen molar-refractivity contribution in [1.82, 2.24) is 20.0 Å². The molecule has 184 valence electrons. The van der Waals surface area contributed by atoms with Crippen molar-refractivity contribution in [2.24, 2.45) is 0 Å². The van der Waals surface area contributed by atoms with Crippen LogP contribution in [0.25, 0.3) is 0 Å². The van der Waals surface area contributed by atoms with E-state index < -0.39 is 0 Å². The number of nitrogens with zero attached hydrogens (tertiary/aromatic N) is 6. The molecular weight excluding hydrogens is 454 g/mol. The zero-order chi connectivity index (χ0) is 24.1. The van der Waals surface area contributed by atoms with Crippen molar-refractivity contribution in [2.45, 2.75) is 45.6 Å². The van der Waals surface area contributed by atoms with E-state index in [0.29, 0.717) is 12.0 Å². The lowest BCUT2D eigenvalue weighted by Gasteiger charge is -2.35. The fraction of sp³-hybridized carbons (Fsp3) is 0.609. The van der Waals surface area contributed by atoms with Gasteiger partial charge in [0.05, 0.1) is 4.92 Å². The Kier molecular flexibility index (Phi) is 7.94. The predicted octanol–water partition coefficient (Wildman–Crippen LogP) is 3.07. The number of nitro benzene ring substituents is 1. The van der Waals surface area contributed by atoms with Gasteiger partial charge in [0.2, 0.25) is 11.0 Å². The molecule has 10 nitrogen and oxygen atoms in total. The van der Waals surface area contributed by atoms with E-state index in [1.54, 1.807) is 30.4 Å². The van der Waals surface area contributed by atoms with E-state index in [-0.39, 0.29) is 22.6 Å². The van der Waals surface area contributed by atoms with Crippen molar-refractivity contribution in [3.05, 3.63) is 38.9 Å². The summed E-state index contributed by atoms with van der Waals surface area (Å²) < 4.78 is 0. The van der Waals surface area contributed by atoms with E-state index in [4.69, 9.17) is 0 Å². The molecule has 2 aliphatic heterocycles. The molecule has 3 heterocycles. The lowest BCUT2D eigenvalue weighted by atomic mass is 10.0. The van der Waals surface area contributed by atoms with Gasteiger partial charge in [-0.25, -0.2) is 0 Å². The molecule has 0 bridgehead atoms. The van der Waals surface area contributed by atoms with Gasteiger partial charge in [0.1, 0.15) is 5.01 Å². The number of piperazine rings is 1. The monoisotopic (exact) mass is 487 g/mol. The highest BCUT2D eigenvalue weighted by molar-refractivity contribution is 7.15. The molecule has 0 atom stereocenters. The van der Waals surface area contributed by atoms with Gasteiger partial charge >= 0.3 is 0 Å². The van der Waals surface area contributed by atoms with Crippen LogP contribution < -0.4 is 10.2 Å². The number of benzene rings is 1. The third-order valence-electron chi connectivity index (χ3n) is 6.64. The van der Waals surface area contributed by atoms with Gasteiger partial charge in [-0.3, -0.25) is 19.8 Å². The van der Waals surface area contributed by atoms with Crippen LogP contribution in [0.4, 0.5) is 16.5 Å². The van der Waals surface area contributed by atoms with Gasteiger partial charge in [-0.1, -0.05) is 11.3 Å². The van der Waals surface area contributed by atoms with Gasteiger partial charge in [0, 0.05) is 69.0 Å². The molecule has 0 spiro atoms. The van der Waals surface area contributed by atoms with Crippen molar-refractivity contribution < 1.29 is 9.72 Å². The maximum Gasteiger partial charge on any atom is 0.272 e. The minimum atomic E-state index is -0.357. The normalized spacial score (nSPS) is 17.7. The maximum absolute atomic E-state index is 12.7. The minimum absolute atomic E-state index is 0.139. The summed E-state index contributed by atoms with van der Waals surface area (Å²) in [5.41, 5.74) is 1.69. The second-order valence-corrected chi connectivity index (χ2v) is 10.3. The summed E-state index contributed by atoms with van der Waals surface area (Å²) in [6.07, 6.45) is 3.25. The average molecular weight is 488 g/mol. The molecule has 34 heavy (non-hydrogen) atoms. The standard InChI is InChI=1S/C23H33N7O3S/c1-17-16-20(5-6-21(17)30(32)33)24-19-7-10-28(11-8-19)22(31)4-3-9-27-12-14-29(15-13-27)23-26-25-18(2)34-23/h5-6,16,19,24H,3-4,7-15H2,1-2H3. The van der Waals surface area contributed by atoms with E-state index in [0.717, 1.165) is 80.9 Å². The van der Waals surface area contributed by atoms with Crippen LogP contribution in [-0.4, -0.2) is 82.7 Å². The first-order chi connectivity index (χ1) is 16.4. The first-order valence-electron chi connectivity index (χ1n) is 12.0. The number of hydrogen-bond acceptors (Lipinski definition) is 9. The molecule has 11 heteroatoms. The molecule has 2 fully saturated rings. The number of aromatic nitrogens is 2. The van der Waals surface area contributed by atoms with Crippen LogP contribution in [0.15, 0.2) is 18.2 Å². The summed E-state index contributed by atoms with van der Waals surface area (Å²) in [6, 6.07) is 5.41. The van der Waals surface area contributed by atoms with Crippen LogP contribution >= 0.6 is 11.3 Å². The van der Waals surface area contributed by atoms with E-state index >= 15 is 0 Å². The summed E-state index contributed by atoms with van der Waals surface area (Å²) in [4.78, 5) is 30.0. The van der Waals surface area contributed by atoms with Gasteiger partial charge in [0.15, 0.2) is 0 Å². The molecule has 2 aromatic rings. The van der Waals surface area contributed by atoms with Crippen molar-refractivity contribution in [3.8, 4) is 0 Å². The molecule has 2 aliphatic rings.